The molecule has 1 saturated carbocycles. The summed E-state index contributed by atoms with van der Waals surface area (Å²) in [4.78, 5) is 36.4. The van der Waals surface area contributed by atoms with E-state index in [1.54, 1.807) is 0 Å². The summed E-state index contributed by atoms with van der Waals surface area (Å²) in [6, 6.07) is 0. The van der Waals surface area contributed by atoms with Gasteiger partial charge in [-0.2, -0.15) is 12.6 Å². The van der Waals surface area contributed by atoms with Gasteiger partial charge in [-0.05, 0) is 24.0 Å². The SMILES string of the molecule is O=P(O)(O)C(O)(CC1CCCC1CCS)P(=O)(O)O. The van der Waals surface area contributed by atoms with Crippen LogP contribution in [0, 0.1) is 11.8 Å². The fourth-order valence-corrected chi connectivity index (χ4v) is 5.32. The molecule has 2 atom stereocenters. The molecule has 0 amide bonds. The molecule has 2 unspecified atom stereocenters. The first kappa shape index (κ1) is 17.7. The van der Waals surface area contributed by atoms with Gasteiger partial charge in [-0.15, -0.1) is 0 Å². The van der Waals surface area contributed by atoms with Crippen molar-refractivity contribution in [2.75, 3.05) is 5.75 Å². The minimum Gasteiger partial charge on any atom is -0.368 e. The van der Waals surface area contributed by atoms with Gasteiger partial charge in [-0.3, -0.25) is 9.13 Å². The third kappa shape index (κ3) is 3.83. The van der Waals surface area contributed by atoms with E-state index in [1.165, 1.54) is 0 Å². The lowest BCUT2D eigenvalue weighted by atomic mass is 9.91. The first-order valence-electron chi connectivity index (χ1n) is 5.97. The van der Waals surface area contributed by atoms with E-state index >= 15 is 0 Å². The van der Waals surface area contributed by atoms with Crippen molar-refractivity contribution in [1.82, 2.24) is 0 Å². The lowest BCUT2D eigenvalue weighted by Gasteiger charge is -2.33. The van der Waals surface area contributed by atoms with Gasteiger partial charge in [0.15, 0.2) is 0 Å². The van der Waals surface area contributed by atoms with Crippen molar-refractivity contribution in [3.8, 4) is 0 Å². The molecule has 0 spiro atoms. The molecule has 0 aromatic rings. The summed E-state index contributed by atoms with van der Waals surface area (Å²) < 4.78 is 22.6. The molecule has 1 fully saturated rings. The average molecular weight is 334 g/mol. The second-order valence-corrected chi connectivity index (χ2v) is 9.49. The molecule has 0 heterocycles. The summed E-state index contributed by atoms with van der Waals surface area (Å²) in [7, 11) is -10.7. The van der Waals surface area contributed by atoms with Crippen LogP contribution in [0.4, 0.5) is 0 Å². The molecule has 0 bridgehead atoms. The quantitative estimate of drug-likeness (QED) is 0.316. The number of aliphatic hydroxyl groups is 1. The molecule has 0 aromatic carbocycles. The Morgan fingerprint density at radius 3 is 1.95 bits per heavy atom. The van der Waals surface area contributed by atoms with Crippen LogP contribution >= 0.6 is 27.8 Å². The van der Waals surface area contributed by atoms with Crippen molar-refractivity contribution < 1.29 is 33.8 Å². The highest BCUT2D eigenvalue weighted by Gasteiger charge is 2.60. The molecule has 1 rings (SSSR count). The average Bonchev–Trinajstić information content (AvgIpc) is 2.63. The third-order valence-corrected chi connectivity index (χ3v) is 7.84. The predicted octanol–water partition coefficient (Wildman–Crippen LogP) is 1.11. The molecule has 114 valence electrons. The van der Waals surface area contributed by atoms with Crippen LogP contribution in [0.3, 0.4) is 0 Å². The third-order valence-electron chi connectivity index (χ3n) is 3.79. The Bertz CT molecular complexity index is 381. The zero-order valence-electron chi connectivity index (χ0n) is 10.3. The van der Waals surface area contributed by atoms with Gasteiger partial charge in [0.1, 0.15) is 0 Å². The van der Waals surface area contributed by atoms with Gasteiger partial charge in [0.25, 0.3) is 5.08 Å². The predicted molar refractivity (Wildman–Crippen MR) is 73.0 cm³/mol. The summed E-state index contributed by atoms with van der Waals surface area (Å²) in [5.41, 5.74) is 0. The van der Waals surface area contributed by atoms with Crippen LogP contribution in [0.1, 0.15) is 32.1 Å². The van der Waals surface area contributed by atoms with E-state index in [0.29, 0.717) is 18.6 Å². The zero-order valence-corrected chi connectivity index (χ0v) is 13.0. The number of hydrogen-bond acceptors (Lipinski definition) is 4. The van der Waals surface area contributed by atoms with E-state index in [1.807, 2.05) is 0 Å². The molecule has 1 aliphatic rings. The van der Waals surface area contributed by atoms with Crippen LogP contribution in [-0.4, -0.2) is 35.5 Å². The molecular formula is C9H20O7P2S. The van der Waals surface area contributed by atoms with E-state index in [9.17, 15) is 14.2 Å². The highest BCUT2D eigenvalue weighted by atomic mass is 32.1. The first-order valence-corrected chi connectivity index (χ1v) is 9.83. The largest absolute Gasteiger partial charge is 0.369 e. The molecule has 7 nitrogen and oxygen atoms in total. The van der Waals surface area contributed by atoms with Gasteiger partial charge < -0.3 is 24.7 Å². The smallest absolute Gasteiger partial charge is 0.368 e. The van der Waals surface area contributed by atoms with Gasteiger partial charge in [-0.25, -0.2) is 0 Å². The van der Waals surface area contributed by atoms with E-state index in [4.69, 9.17) is 19.6 Å². The highest BCUT2D eigenvalue weighted by Crippen LogP contribution is 2.70. The van der Waals surface area contributed by atoms with Crippen molar-refractivity contribution in [3.05, 3.63) is 0 Å². The lowest BCUT2D eigenvalue weighted by molar-refractivity contribution is 0.0986. The van der Waals surface area contributed by atoms with Gasteiger partial charge in [-0.1, -0.05) is 19.3 Å². The molecule has 0 radical (unpaired) electrons. The lowest BCUT2D eigenvalue weighted by Crippen LogP contribution is -2.32. The maximum Gasteiger partial charge on any atom is 0.369 e. The Labute approximate surface area is 117 Å². The molecule has 1 aliphatic carbocycles. The van der Waals surface area contributed by atoms with Crippen LogP contribution in [0.15, 0.2) is 0 Å². The zero-order chi connectivity index (χ0) is 14.9. The molecule has 19 heavy (non-hydrogen) atoms. The second-order valence-electron chi connectivity index (χ2n) is 5.03. The van der Waals surface area contributed by atoms with Crippen LogP contribution in [-0.2, 0) is 9.13 Å². The van der Waals surface area contributed by atoms with E-state index in [0.717, 1.165) is 12.8 Å². The normalized spacial score (nSPS) is 25.8. The van der Waals surface area contributed by atoms with Crippen molar-refractivity contribution in [3.63, 3.8) is 0 Å². The van der Waals surface area contributed by atoms with Gasteiger partial charge in [0.05, 0.1) is 0 Å². The van der Waals surface area contributed by atoms with Crippen molar-refractivity contribution in [2.24, 2.45) is 11.8 Å². The molecular weight excluding hydrogens is 314 g/mol. The van der Waals surface area contributed by atoms with Crippen LogP contribution in [0.25, 0.3) is 0 Å². The summed E-state index contributed by atoms with van der Waals surface area (Å²) in [5.74, 6) is 0.366. The molecule has 10 heteroatoms. The maximum atomic E-state index is 11.3. The molecule has 0 saturated heterocycles. The number of hydrogen-bond donors (Lipinski definition) is 6. The standard InChI is InChI=1S/C9H20O7P2S/c10-9(17(11,12)13,18(14,15)16)6-8-3-1-2-7(8)4-5-19/h7-8,10,19H,1-6H2,(H2,11,12,13)(H2,14,15,16). The van der Waals surface area contributed by atoms with E-state index in [-0.39, 0.29) is 11.8 Å². The fourth-order valence-electron chi connectivity index (χ4n) is 2.69. The molecule has 5 N–H and O–H groups in total. The maximum absolute atomic E-state index is 11.3. The van der Waals surface area contributed by atoms with Crippen LogP contribution < -0.4 is 0 Å². The highest BCUT2D eigenvalue weighted by molar-refractivity contribution is 7.80. The Hall–Kier alpha value is 0.610. The van der Waals surface area contributed by atoms with Crippen molar-refractivity contribution in [1.29, 1.82) is 0 Å². The first-order chi connectivity index (χ1) is 8.53. The van der Waals surface area contributed by atoms with Crippen molar-refractivity contribution >= 4 is 27.8 Å². The summed E-state index contributed by atoms with van der Waals surface area (Å²) in [5, 5.41) is 6.61. The number of thiol groups is 1. The minimum atomic E-state index is -5.33. The topological polar surface area (TPSA) is 135 Å². The summed E-state index contributed by atoms with van der Waals surface area (Å²) >= 11 is 4.09. The minimum absolute atomic E-state index is 0.0853. The van der Waals surface area contributed by atoms with Gasteiger partial charge >= 0.3 is 15.2 Å². The Morgan fingerprint density at radius 1 is 1.05 bits per heavy atom. The fraction of sp³-hybridized carbons (Fsp3) is 1.00. The van der Waals surface area contributed by atoms with E-state index in [2.05, 4.69) is 12.6 Å². The molecule has 0 aliphatic heterocycles. The second kappa shape index (κ2) is 6.16. The summed E-state index contributed by atoms with van der Waals surface area (Å²) in [6.07, 6.45) is 2.36. The van der Waals surface area contributed by atoms with Crippen molar-refractivity contribution in [2.45, 2.75) is 37.2 Å². The Morgan fingerprint density at radius 2 is 1.53 bits per heavy atom. The van der Waals surface area contributed by atoms with Crippen LogP contribution in [0.5, 0.6) is 0 Å². The Kier molecular flexibility index (Phi) is 5.73. The summed E-state index contributed by atoms with van der Waals surface area (Å²) in [6.45, 7) is 0. The van der Waals surface area contributed by atoms with Crippen LogP contribution in [0.2, 0.25) is 0 Å². The van der Waals surface area contributed by atoms with Gasteiger partial charge in [0.2, 0.25) is 0 Å². The molecule has 0 aromatic heterocycles. The number of rotatable bonds is 6. The van der Waals surface area contributed by atoms with E-state index < -0.39 is 26.7 Å². The monoisotopic (exact) mass is 334 g/mol. The van der Waals surface area contributed by atoms with Gasteiger partial charge in [0, 0.05) is 6.42 Å². The Balaban J connectivity index is 2.97.